The maximum absolute atomic E-state index is 11.7. The van der Waals surface area contributed by atoms with Gasteiger partial charge in [-0.3, -0.25) is 0 Å². The average molecular weight is 301 g/mol. The molecule has 0 bridgehead atoms. The van der Waals surface area contributed by atoms with E-state index in [2.05, 4.69) is 4.98 Å². The summed E-state index contributed by atoms with van der Waals surface area (Å²) in [5, 5.41) is 0. The molecule has 1 unspecified atom stereocenters. The third-order valence-corrected chi connectivity index (χ3v) is 5.27. The number of aromatic nitrogens is 2. The van der Waals surface area contributed by atoms with Gasteiger partial charge in [-0.2, -0.15) is 0 Å². The summed E-state index contributed by atoms with van der Waals surface area (Å²) in [5.74, 6) is 0.686. The molecule has 1 aromatic heterocycles. The molecule has 1 aromatic rings. The van der Waals surface area contributed by atoms with E-state index < -0.39 is 15.8 Å². The highest BCUT2D eigenvalue weighted by molar-refractivity contribution is 7.91. The standard InChI is InChI=1S/C12H19N3O4S/c1-3-19-12(16)10-11(13)15(8(2)14-10)6-9-4-5-20(17,18)7-9/h9H,3-7,13H2,1-2H3. The van der Waals surface area contributed by atoms with Crippen molar-refractivity contribution < 1.29 is 17.9 Å². The van der Waals surface area contributed by atoms with E-state index in [1.807, 2.05) is 0 Å². The number of esters is 1. The molecule has 0 aromatic carbocycles. The molecule has 1 atom stereocenters. The summed E-state index contributed by atoms with van der Waals surface area (Å²) in [6.07, 6.45) is 0.619. The summed E-state index contributed by atoms with van der Waals surface area (Å²) in [6.45, 7) is 4.16. The van der Waals surface area contributed by atoms with Crippen LogP contribution in [0.4, 0.5) is 5.82 Å². The topological polar surface area (TPSA) is 104 Å². The summed E-state index contributed by atoms with van der Waals surface area (Å²) in [6, 6.07) is 0. The molecule has 112 valence electrons. The van der Waals surface area contributed by atoms with Crippen molar-refractivity contribution in [1.82, 2.24) is 9.55 Å². The van der Waals surface area contributed by atoms with Crippen LogP contribution < -0.4 is 5.73 Å². The molecule has 2 N–H and O–H groups in total. The first-order valence-corrected chi connectivity index (χ1v) is 8.36. The number of nitrogen functional groups attached to an aromatic ring is 1. The van der Waals surface area contributed by atoms with Gasteiger partial charge in [-0.25, -0.2) is 18.2 Å². The van der Waals surface area contributed by atoms with Crippen LogP contribution in [0.3, 0.4) is 0 Å². The average Bonchev–Trinajstić information content (AvgIpc) is 2.84. The molecule has 1 aliphatic rings. The van der Waals surface area contributed by atoms with Gasteiger partial charge in [-0.05, 0) is 26.2 Å². The Labute approximate surface area is 118 Å². The van der Waals surface area contributed by atoms with Crippen molar-refractivity contribution in [2.45, 2.75) is 26.8 Å². The second kappa shape index (κ2) is 5.43. The molecule has 7 nitrogen and oxygen atoms in total. The van der Waals surface area contributed by atoms with Gasteiger partial charge in [0.1, 0.15) is 11.6 Å². The first-order chi connectivity index (χ1) is 9.34. The number of ether oxygens (including phenoxy) is 1. The number of carbonyl (C=O) groups excluding carboxylic acids is 1. The maximum atomic E-state index is 11.7. The van der Waals surface area contributed by atoms with Crippen LogP contribution in [0.25, 0.3) is 0 Å². The van der Waals surface area contributed by atoms with E-state index in [0.29, 0.717) is 18.8 Å². The second-order valence-corrected chi connectivity index (χ2v) is 7.22. The zero-order valence-corrected chi connectivity index (χ0v) is 12.4. The Hall–Kier alpha value is -1.57. The Morgan fingerprint density at radius 1 is 1.55 bits per heavy atom. The Balaban J connectivity index is 2.19. The molecule has 0 radical (unpaired) electrons. The molecule has 2 rings (SSSR count). The van der Waals surface area contributed by atoms with Crippen molar-refractivity contribution in [1.29, 1.82) is 0 Å². The molecule has 0 saturated carbocycles. The zero-order chi connectivity index (χ0) is 14.9. The lowest BCUT2D eigenvalue weighted by molar-refractivity contribution is 0.0521. The minimum absolute atomic E-state index is 0.0187. The lowest BCUT2D eigenvalue weighted by Gasteiger charge is -2.12. The van der Waals surface area contributed by atoms with Gasteiger partial charge in [-0.15, -0.1) is 0 Å². The lowest BCUT2D eigenvalue weighted by atomic mass is 10.1. The molecule has 20 heavy (non-hydrogen) atoms. The van der Waals surface area contributed by atoms with Gasteiger partial charge in [0.15, 0.2) is 15.5 Å². The normalized spacial score (nSPS) is 21.0. The Kier molecular flexibility index (Phi) is 4.03. The molecule has 0 spiro atoms. The van der Waals surface area contributed by atoms with Crippen molar-refractivity contribution in [3.63, 3.8) is 0 Å². The molecular weight excluding hydrogens is 282 g/mol. The van der Waals surface area contributed by atoms with Crippen LogP contribution in [-0.2, 0) is 21.1 Å². The highest BCUT2D eigenvalue weighted by Crippen LogP contribution is 2.24. The number of hydrogen-bond donors (Lipinski definition) is 1. The number of sulfone groups is 1. The number of anilines is 1. The van der Waals surface area contributed by atoms with E-state index >= 15 is 0 Å². The van der Waals surface area contributed by atoms with E-state index in [0.717, 1.165) is 0 Å². The van der Waals surface area contributed by atoms with Crippen LogP contribution in [0.1, 0.15) is 29.7 Å². The fourth-order valence-corrected chi connectivity index (χ4v) is 4.29. The van der Waals surface area contributed by atoms with Gasteiger partial charge in [0, 0.05) is 6.54 Å². The molecular formula is C12H19N3O4S. The van der Waals surface area contributed by atoms with Crippen molar-refractivity contribution >= 4 is 21.6 Å². The SMILES string of the molecule is CCOC(=O)c1nc(C)n(CC2CCS(=O)(=O)C2)c1N. The van der Waals surface area contributed by atoms with Gasteiger partial charge < -0.3 is 15.0 Å². The molecule has 0 amide bonds. The summed E-state index contributed by atoms with van der Waals surface area (Å²) >= 11 is 0. The van der Waals surface area contributed by atoms with Crippen LogP contribution in [0.2, 0.25) is 0 Å². The molecule has 1 fully saturated rings. The third-order valence-electron chi connectivity index (χ3n) is 3.43. The van der Waals surface area contributed by atoms with Crippen LogP contribution in [0.15, 0.2) is 0 Å². The van der Waals surface area contributed by atoms with Gasteiger partial charge in [-0.1, -0.05) is 0 Å². The maximum Gasteiger partial charge on any atom is 0.360 e. The first kappa shape index (κ1) is 14.8. The first-order valence-electron chi connectivity index (χ1n) is 6.54. The minimum Gasteiger partial charge on any atom is -0.461 e. The number of rotatable bonds is 4. The van der Waals surface area contributed by atoms with Crippen molar-refractivity contribution in [2.75, 3.05) is 23.8 Å². The van der Waals surface area contributed by atoms with E-state index in [9.17, 15) is 13.2 Å². The van der Waals surface area contributed by atoms with E-state index in [4.69, 9.17) is 10.5 Å². The van der Waals surface area contributed by atoms with Gasteiger partial charge in [0.25, 0.3) is 0 Å². The van der Waals surface area contributed by atoms with Gasteiger partial charge in [0.2, 0.25) is 0 Å². The summed E-state index contributed by atoms with van der Waals surface area (Å²) in [7, 11) is -2.93. The highest BCUT2D eigenvalue weighted by Gasteiger charge is 2.30. The number of carbonyl (C=O) groups is 1. The van der Waals surface area contributed by atoms with Crippen LogP contribution in [0, 0.1) is 12.8 Å². The summed E-state index contributed by atoms with van der Waals surface area (Å²) < 4.78 is 29.5. The second-order valence-electron chi connectivity index (χ2n) is 4.99. The van der Waals surface area contributed by atoms with Crippen LogP contribution in [0.5, 0.6) is 0 Å². The largest absolute Gasteiger partial charge is 0.461 e. The van der Waals surface area contributed by atoms with Gasteiger partial charge in [0.05, 0.1) is 18.1 Å². The Morgan fingerprint density at radius 3 is 2.80 bits per heavy atom. The fraction of sp³-hybridized carbons (Fsp3) is 0.667. The third kappa shape index (κ3) is 2.95. The number of aryl methyl sites for hydroxylation is 1. The predicted molar refractivity (Wildman–Crippen MR) is 74.1 cm³/mol. The number of nitrogens with zero attached hydrogens (tertiary/aromatic N) is 2. The lowest BCUT2D eigenvalue weighted by Crippen LogP contribution is -2.16. The number of imidazole rings is 1. The van der Waals surface area contributed by atoms with Crippen LogP contribution >= 0.6 is 0 Å². The Morgan fingerprint density at radius 2 is 2.25 bits per heavy atom. The summed E-state index contributed by atoms with van der Waals surface area (Å²) in [4.78, 5) is 15.8. The highest BCUT2D eigenvalue weighted by atomic mass is 32.2. The molecule has 8 heteroatoms. The van der Waals surface area contributed by atoms with Crippen molar-refractivity contribution in [3.05, 3.63) is 11.5 Å². The number of nitrogens with two attached hydrogens (primary N) is 1. The molecule has 2 heterocycles. The summed E-state index contributed by atoms with van der Waals surface area (Å²) in [5.41, 5.74) is 6.03. The molecule has 1 aliphatic heterocycles. The van der Waals surface area contributed by atoms with E-state index in [1.165, 1.54) is 0 Å². The molecule has 1 saturated heterocycles. The zero-order valence-electron chi connectivity index (χ0n) is 11.6. The minimum atomic E-state index is -2.93. The van der Waals surface area contributed by atoms with Crippen LogP contribution in [-0.4, -0.2) is 42.1 Å². The number of hydrogen-bond acceptors (Lipinski definition) is 6. The predicted octanol–water partition coefficient (Wildman–Crippen LogP) is 0.385. The molecule has 0 aliphatic carbocycles. The van der Waals surface area contributed by atoms with Gasteiger partial charge >= 0.3 is 5.97 Å². The Bertz CT molecular complexity index is 621. The fourth-order valence-electron chi connectivity index (χ4n) is 2.44. The quantitative estimate of drug-likeness (QED) is 0.806. The van der Waals surface area contributed by atoms with E-state index in [-0.39, 0.29) is 35.5 Å². The smallest absolute Gasteiger partial charge is 0.360 e. The van der Waals surface area contributed by atoms with Crippen molar-refractivity contribution in [3.8, 4) is 0 Å². The monoisotopic (exact) mass is 301 g/mol. The van der Waals surface area contributed by atoms with E-state index in [1.54, 1.807) is 18.4 Å². The van der Waals surface area contributed by atoms with Crippen molar-refractivity contribution in [2.24, 2.45) is 5.92 Å².